The van der Waals surface area contributed by atoms with Crippen LogP contribution < -0.4 is 5.32 Å². The number of carbonyl (C=O) groups is 1. The van der Waals surface area contributed by atoms with Gasteiger partial charge in [0.2, 0.25) is 5.91 Å². The number of hydrogen-bond acceptors (Lipinski definition) is 3. The smallest absolute Gasteiger partial charge is 0.226 e. The Morgan fingerprint density at radius 2 is 2.17 bits per heavy atom. The van der Waals surface area contributed by atoms with Crippen LogP contribution in [-0.2, 0) is 9.53 Å². The molecule has 18 heavy (non-hydrogen) atoms. The maximum Gasteiger partial charge on any atom is 0.226 e. The molecule has 1 aliphatic heterocycles. The predicted octanol–water partition coefficient (Wildman–Crippen LogP) is 1.51. The normalized spacial score (nSPS) is 21.6. The predicted molar refractivity (Wildman–Crippen MR) is 73.5 cm³/mol. The van der Waals surface area contributed by atoms with Crippen LogP contribution in [0.25, 0.3) is 0 Å². The van der Waals surface area contributed by atoms with Gasteiger partial charge in [-0.1, -0.05) is 20.8 Å². The van der Waals surface area contributed by atoms with Gasteiger partial charge in [0.15, 0.2) is 0 Å². The standard InChI is InChI=1S/C14H28N2O2/c1-11(2)6-8-18-13-5-7-16(10-13)14(17)12(3)9-15-4/h11-13,15H,5-10H2,1-4H3. The van der Waals surface area contributed by atoms with Crippen LogP contribution in [0.1, 0.15) is 33.6 Å². The largest absolute Gasteiger partial charge is 0.376 e. The van der Waals surface area contributed by atoms with Crippen molar-refractivity contribution < 1.29 is 9.53 Å². The van der Waals surface area contributed by atoms with E-state index in [2.05, 4.69) is 19.2 Å². The van der Waals surface area contributed by atoms with Gasteiger partial charge in [-0.2, -0.15) is 0 Å². The Hall–Kier alpha value is -0.610. The quantitative estimate of drug-likeness (QED) is 0.750. The van der Waals surface area contributed by atoms with E-state index in [1.165, 1.54) is 0 Å². The van der Waals surface area contributed by atoms with E-state index in [9.17, 15) is 4.79 Å². The Bertz CT molecular complexity index is 256. The first kappa shape index (κ1) is 15.4. The first-order chi connectivity index (χ1) is 8.54. The summed E-state index contributed by atoms with van der Waals surface area (Å²) in [5.41, 5.74) is 0. The Morgan fingerprint density at radius 1 is 1.44 bits per heavy atom. The summed E-state index contributed by atoms with van der Waals surface area (Å²) >= 11 is 0. The highest BCUT2D eigenvalue weighted by molar-refractivity contribution is 5.79. The maximum atomic E-state index is 12.1. The molecular formula is C14H28N2O2. The van der Waals surface area contributed by atoms with Gasteiger partial charge >= 0.3 is 0 Å². The summed E-state index contributed by atoms with van der Waals surface area (Å²) in [6, 6.07) is 0. The molecule has 106 valence electrons. The van der Waals surface area contributed by atoms with Gasteiger partial charge < -0.3 is 15.0 Å². The van der Waals surface area contributed by atoms with E-state index in [0.717, 1.165) is 39.1 Å². The third-order valence-electron chi connectivity index (χ3n) is 3.44. The molecule has 0 aliphatic carbocycles. The van der Waals surface area contributed by atoms with Gasteiger partial charge in [-0.3, -0.25) is 4.79 Å². The number of likely N-dealkylation sites (tertiary alicyclic amines) is 1. The molecule has 4 nitrogen and oxygen atoms in total. The molecule has 1 saturated heterocycles. The second-order valence-electron chi connectivity index (χ2n) is 5.71. The third-order valence-corrected chi connectivity index (χ3v) is 3.44. The van der Waals surface area contributed by atoms with Crippen LogP contribution in [0.5, 0.6) is 0 Å². The highest BCUT2D eigenvalue weighted by Crippen LogP contribution is 2.16. The zero-order chi connectivity index (χ0) is 13.5. The molecular weight excluding hydrogens is 228 g/mol. The molecule has 1 fully saturated rings. The number of hydrogen-bond donors (Lipinski definition) is 1. The van der Waals surface area contributed by atoms with Crippen molar-refractivity contribution in [3.63, 3.8) is 0 Å². The van der Waals surface area contributed by atoms with Crippen LogP contribution >= 0.6 is 0 Å². The fourth-order valence-corrected chi connectivity index (χ4v) is 2.24. The number of nitrogens with one attached hydrogen (secondary N) is 1. The van der Waals surface area contributed by atoms with Gasteiger partial charge in [-0.25, -0.2) is 0 Å². The van der Waals surface area contributed by atoms with Crippen molar-refractivity contribution in [2.45, 2.75) is 39.7 Å². The van der Waals surface area contributed by atoms with E-state index in [1.54, 1.807) is 0 Å². The van der Waals surface area contributed by atoms with Crippen molar-refractivity contribution in [1.82, 2.24) is 10.2 Å². The van der Waals surface area contributed by atoms with Crippen LogP contribution in [-0.4, -0.2) is 50.2 Å². The van der Waals surface area contributed by atoms with E-state index in [0.29, 0.717) is 5.92 Å². The van der Waals surface area contributed by atoms with E-state index in [1.807, 2.05) is 18.9 Å². The summed E-state index contributed by atoms with van der Waals surface area (Å²) in [7, 11) is 1.88. The third kappa shape index (κ3) is 4.94. The van der Waals surface area contributed by atoms with Gasteiger partial charge in [0.05, 0.1) is 6.10 Å². The summed E-state index contributed by atoms with van der Waals surface area (Å²) in [5.74, 6) is 0.989. The molecule has 2 unspecified atom stereocenters. The van der Waals surface area contributed by atoms with Gasteiger partial charge in [0.1, 0.15) is 0 Å². The van der Waals surface area contributed by atoms with Crippen LogP contribution in [0.3, 0.4) is 0 Å². The van der Waals surface area contributed by atoms with E-state index >= 15 is 0 Å². The summed E-state index contributed by atoms with van der Waals surface area (Å²) < 4.78 is 5.82. The number of amides is 1. The van der Waals surface area contributed by atoms with E-state index < -0.39 is 0 Å². The van der Waals surface area contributed by atoms with Crippen LogP contribution in [0.15, 0.2) is 0 Å². The van der Waals surface area contributed by atoms with Gasteiger partial charge in [0.25, 0.3) is 0 Å². The molecule has 0 aromatic carbocycles. The van der Waals surface area contributed by atoms with Crippen molar-refractivity contribution in [1.29, 1.82) is 0 Å². The molecule has 2 atom stereocenters. The van der Waals surface area contributed by atoms with Crippen LogP contribution in [0, 0.1) is 11.8 Å². The van der Waals surface area contributed by atoms with Crippen LogP contribution in [0.4, 0.5) is 0 Å². The lowest BCUT2D eigenvalue weighted by atomic mass is 10.1. The topological polar surface area (TPSA) is 41.6 Å². The number of ether oxygens (including phenoxy) is 1. The Morgan fingerprint density at radius 3 is 2.78 bits per heavy atom. The average molecular weight is 256 g/mol. The lowest BCUT2D eigenvalue weighted by Gasteiger charge is -2.21. The maximum absolute atomic E-state index is 12.1. The molecule has 1 amide bonds. The van der Waals surface area contributed by atoms with Crippen molar-refractivity contribution in [3.05, 3.63) is 0 Å². The molecule has 0 aromatic rings. The van der Waals surface area contributed by atoms with Crippen molar-refractivity contribution in [2.24, 2.45) is 11.8 Å². The van der Waals surface area contributed by atoms with Crippen molar-refractivity contribution in [3.8, 4) is 0 Å². The Balaban J connectivity index is 2.25. The first-order valence-corrected chi connectivity index (χ1v) is 7.09. The van der Waals surface area contributed by atoms with E-state index in [-0.39, 0.29) is 17.9 Å². The van der Waals surface area contributed by atoms with Gasteiger partial charge in [0, 0.05) is 32.2 Å². The number of nitrogens with zero attached hydrogens (tertiary/aromatic N) is 1. The SMILES string of the molecule is CNCC(C)C(=O)N1CCC(OCCC(C)C)C1. The second-order valence-corrected chi connectivity index (χ2v) is 5.71. The number of carbonyl (C=O) groups excluding carboxylic acids is 1. The molecule has 1 rings (SSSR count). The molecule has 1 N–H and O–H groups in total. The second kappa shape index (κ2) is 7.74. The number of rotatable bonds is 7. The average Bonchev–Trinajstić information content (AvgIpc) is 2.76. The molecule has 1 aliphatic rings. The molecule has 0 aromatic heterocycles. The molecule has 0 radical (unpaired) electrons. The Kier molecular flexibility index (Phi) is 6.65. The lowest BCUT2D eigenvalue weighted by molar-refractivity contribution is -0.134. The first-order valence-electron chi connectivity index (χ1n) is 7.09. The van der Waals surface area contributed by atoms with E-state index in [4.69, 9.17) is 4.74 Å². The Labute approximate surface area is 111 Å². The van der Waals surface area contributed by atoms with Gasteiger partial charge in [-0.05, 0) is 25.8 Å². The highest BCUT2D eigenvalue weighted by Gasteiger charge is 2.29. The fraction of sp³-hybridized carbons (Fsp3) is 0.929. The van der Waals surface area contributed by atoms with Crippen LogP contribution in [0.2, 0.25) is 0 Å². The van der Waals surface area contributed by atoms with Crippen molar-refractivity contribution in [2.75, 3.05) is 33.3 Å². The minimum Gasteiger partial charge on any atom is -0.376 e. The minimum atomic E-state index is 0.0596. The summed E-state index contributed by atoms with van der Waals surface area (Å²) in [6.45, 7) is 9.56. The summed E-state index contributed by atoms with van der Waals surface area (Å²) in [5, 5.41) is 3.05. The van der Waals surface area contributed by atoms with Crippen molar-refractivity contribution >= 4 is 5.91 Å². The summed E-state index contributed by atoms with van der Waals surface area (Å²) in [6.07, 6.45) is 2.32. The zero-order valence-electron chi connectivity index (χ0n) is 12.2. The minimum absolute atomic E-state index is 0.0596. The monoisotopic (exact) mass is 256 g/mol. The fourth-order valence-electron chi connectivity index (χ4n) is 2.24. The molecule has 4 heteroatoms. The van der Waals surface area contributed by atoms with Gasteiger partial charge in [-0.15, -0.1) is 0 Å². The lowest BCUT2D eigenvalue weighted by Crippen LogP contribution is -2.37. The highest BCUT2D eigenvalue weighted by atomic mass is 16.5. The molecule has 0 saturated carbocycles. The molecule has 1 heterocycles. The summed E-state index contributed by atoms with van der Waals surface area (Å²) in [4.78, 5) is 14.0. The zero-order valence-corrected chi connectivity index (χ0v) is 12.2. The molecule has 0 bridgehead atoms. The molecule has 0 spiro atoms.